The fourth-order valence-corrected chi connectivity index (χ4v) is 1.70. The number of ether oxygens (including phenoxy) is 2. The molecule has 0 saturated carbocycles. The van der Waals surface area contributed by atoms with Gasteiger partial charge in [-0.2, -0.15) is 0 Å². The maximum atomic E-state index is 9.69. The lowest BCUT2D eigenvalue weighted by Crippen LogP contribution is -2.61. The van der Waals surface area contributed by atoms with E-state index in [0.717, 1.165) is 5.06 Å². The normalized spacial score (nSPS) is 48.0. The summed E-state index contributed by atoms with van der Waals surface area (Å²) < 4.78 is 10.3. The van der Waals surface area contributed by atoms with E-state index < -0.39 is 17.7 Å². The van der Waals surface area contributed by atoms with Gasteiger partial charge in [0.2, 0.25) is 0 Å². The maximum absolute atomic E-state index is 9.69. The van der Waals surface area contributed by atoms with Gasteiger partial charge in [-0.15, -0.1) is 5.06 Å². The highest BCUT2D eigenvalue weighted by molar-refractivity contribution is 4.83. The second-order valence-electron chi connectivity index (χ2n) is 3.79. The zero-order chi connectivity index (χ0) is 10.3. The molecule has 0 aromatic carbocycles. The number of hydroxylamine groups is 2. The van der Waals surface area contributed by atoms with Gasteiger partial charge >= 0.3 is 0 Å². The Labute approximate surface area is 77.8 Å². The molecule has 5 nitrogen and oxygen atoms in total. The van der Waals surface area contributed by atoms with Crippen molar-refractivity contribution in [3.8, 4) is 0 Å². The maximum Gasteiger partial charge on any atom is 0.168 e. The van der Waals surface area contributed by atoms with Gasteiger partial charge in [-0.3, -0.25) is 0 Å². The molecule has 1 aliphatic heterocycles. The van der Waals surface area contributed by atoms with Crippen LogP contribution in [0.15, 0.2) is 0 Å². The molecule has 0 radical (unpaired) electrons. The van der Waals surface area contributed by atoms with Crippen LogP contribution in [0.3, 0.4) is 0 Å². The first-order chi connectivity index (χ1) is 5.81. The molecular weight excluding hydrogens is 174 g/mol. The average molecular weight is 191 g/mol. The molecule has 0 amide bonds. The van der Waals surface area contributed by atoms with E-state index in [2.05, 4.69) is 0 Å². The molecule has 0 bridgehead atoms. The number of rotatable bonds is 1. The smallest absolute Gasteiger partial charge is 0.168 e. The molecule has 1 aliphatic rings. The fraction of sp³-hybridized carbons (Fsp3) is 1.00. The van der Waals surface area contributed by atoms with Crippen LogP contribution in [-0.2, 0) is 9.47 Å². The predicted octanol–water partition coefficient (Wildman–Crippen LogP) is 0.515. The number of hydrogen-bond acceptors (Lipinski definition) is 5. The minimum absolute atomic E-state index is 0.192. The largest absolute Gasteiger partial charge is 0.365 e. The Hall–Kier alpha value is -0.200. The van der Waals surface area contributed by atoms with Gasteiger partial charge in [0.15, 0.2) is 5.79 Å². The van der Waals surface area contributed by atoms with Crippen LogP contribution in [0.4, 0.5) is 0 Å². The third kappa shape index (κ3) is 2.00. The standard InChI is InChI=1S/C8H17NO4/c1-6-9(11)7(2,12-4)5-8(3,10)13-6/h6,10-11H,5H2,1-4H3. The van der Waals surface area contributed by atoms with Gasteiger partial charge in [0.05, 0.1) is 0 Å². The van der Waals surface area contributed by atoms with Crippen molar-refractivity contribution in [2.75, 3.05) is 7.11 Å². The lowest BCUT2D eigenvalue weighted by atomic mass is 10.0. The Morgan fingerprint density at radius 3 is 2.54 bits per heavy atom. The molecule has 0 aromatic rings. The van der Waals surface area contributed by atoms with E-state index in [1.165, 1.54) is 7.11 Å². The molecule has 1 rings (SSSR count). The first-order valence-corrected chi connectivity index (χ1v) is 4.24. The summed E-state index contributed by atoms with van der Waals surface area (Å²) in [7, 11) is 1.48. The lowest BCUT2D eigenvalue weighted by Gasteiger charge is -2.48. The fourth-order valence-electron chi connectivity index (χ4n) is 1.70. The molecule has 3 unspecified atom stereocenters. The van der Waals surface area contributed by atoms with Gasteiger partial charge in [-0.05, 0) is 20.8 Å². The summed E-state index contributed by atoms with van der Waals surface area (Å²) in [6, 6.07) is 0. The van der Waals surface area contributed by atoms with Crippen molar-refractivity contribution in [2.24, 2.45) is 0 Å². The molecule has 13 heavy (non-hydrogen) atoms. The molecule has 0 aliphatic carbocycles. The number of nitrogens with zero attached hydrogens (tertiary/aromatic N) is 1. The summed E-state index contributed by atoms with van der Waals surface area (Å²) in [5.41, 5.74) is -0.902. The highest BCUT2D eigenvalue weighted by atomic mass is 16.7. The highest BCUT2D eigenvalue weighted by Gasteiger charge is 2.47. The van der Waals surface area contributed by atoms with Gasteiger partial charge < -0.3 is 19.8 Å². The quantitative estimate of drug-likeness (QED) is 0.632. The lowest BCUT2D eigenvalue weighted by molar-refractivity contribution is -0.419. The van der Waals surface area contributed by atoms with Crippen LogP contribution < -0.4 is 0 Å². The van der Waals surface area contributed by atoms with Gasteiger partial charge in [0.1, 0.15) is 12.0 Å². The van der Waals surface area contributed by atoms with E-state index in [9.17, 15) is 10.3 Å². The Balaban J connectivity index is 2.84. The van der Waals surface area contributed by atoms with Crippen LogP contribution in [0.25, 0.3) is 0 Å². The van der Waals surface area contributed by atoms with Crippen LogP contribution in [0, 0.1) is 0 Å². The zero-order valence-electron chi connectivity index (χ0n) is 8.44. The summed E-state index contributed by atoms with van der Waals surface area (Å²) in [4.78, 5) is 0. The van der Waals surface area contributed by atoms with Crippen molar-refractivity contribution >= 4 is 0 Å². The Kier molecular flexibility index (Phi) is 2.66. The first kappa shape index (κ1) is 10.9. The Bertz CT molecular complexity index is 197. The third-order valence-electron chi connectivity index (χ3n) is 2.35. The van der Waals surface area contributed by atoms with E-state index in [-0.39, 0.29) is 6.42 Å². The van der Waals surface area contributed by atoms with Crippen LogP contribution in [0.5, 0.6) is 0 Å². The second kappa shape index (κ2) is 3.18. The molecule has 2 N–H and O–H groups in total. The SMILES string of the molecule is COC1(C)CC(C)(O)OC(C)N1O. The molecule has 3 atom stereocenters. The van der Waals surface area contributed by atoms with Crippen LogP contribution in [0.1, 0.15) is 27.2 Å². The molecule has 1 fully saturated rings. The Morgan fingerprint density at radius 1 is 1.54 bits per heavy atom. The van der Waals surface area contributed by atoms with Crippen LogP contribution in [0.2, 0.25) is 0 Å². The van der Waals surface area contributed by atoms with Crippen molar-refractivity contribution in [1.29, 1.82) is 0 Å². The first-order valence-electron chi connectivity index (χ1n) is 4.24. The summed E-state index contributed by atoms with van der Waals surface area (Å²) in [5.74, 6) is -1.26. The van der Waals surface area contributed by atoms with Crippen molar-refractivity contribution in [3.05, 3.63) is 0 Å². The van der Waals surface area contributed by atoms with Gasteiger partial charge in [0, 0.05) is 13.5 Å². The van der Waals surface area contributed by atoms with Crippen LogP contribution in [-0.4, -0.2) is 40.2 Å². The number of aliphatic hydroxyl groups is 1. The summed E-state index contributed by atoms with van der Waals surface area (Å²) in [5, 5.41) is 20.3. The summed E-state index contributed by atoms with van der Waals surface area (Å²) in [6.07, 6.45) is -0.397. The number of methoxy groups -OCH3 is 1. The van der Waals surface area contributed by atoms with E-state index in [1.807, 2.05) is 0 Å². The van der Waals surface area contributed by atoms with E-state index in [4.69, 9.17) is 9.47 Å². The summed E-state index contributed by atoms with van der Waals surface area (Å²) in [6.45, 7) is 4.89. The van der Waals surface area contributed by atoms with E-state index in [0.29, 0.717) is 0 Å². The van der Waals surface area contributed by atoms with E-state index >= 15 is 0 Å². The molecule has 5 heteroatoms. The van der Waals surface area contributed by atoms with E-state index in [1.54, 1.807) is 20.8 Å². The molecule has 0 spiro atoms. The minimum Gasteiger partial charge on any atom is -0.365 e. The third-order valence-corrected chi connectivity index (χ3v) is 2.35. The van der Waals surface area contributed by atoms with Crippen molar-refractivity contribution < 1.29 is 19.8 Å². The van der Waals surface area contributed by atoms with Gasteiger partial charge in [-0.1, -0.05) is 0 Å². The van der Waals surface area contributed by atoms with Crippen molar-refractivity contribution in [1.82, 2.24) is 5.06 Å². The highest BCUT2D eigenvalue weighted by Crippen LogP contribution is 2.34. The molecule has 78 valence electrons. The van der Waals surface area contributed by atoms with Crippen LogP contribution >= 0.6 is 0 Å². The monoisotopic (exact) mass is 191 g/mol. The van der Waals surface area contributed by atoms with Gasteiger partial charge in [-0.25, -0.2) is 0 Å². The van der Waals surface area contributed by atoms with Gasteiger partial charge in [0.25, 0.3) is 0 Å². The molecule has 1 heterocycles. The Morgan fingerprint density at radius 2 is 2.08 bits per heavy atom. The molecular formula is C8H17NO4. The topological polar surface area (TPSA) is 62.2 Å². The van der Waals surface area contributed by atoms with Crippen molar-refractivity contribution in [3.63, 3.8) is 0 Å². The summed E-state index contributed by atoms with van der Waals surface area (Å²) >= 11 is 0. The average Bonchev–Trinajstić information content (AvgIpc) is 1.99. The minimum atomic E-state index is -1.26. The molecule has 0 aromatic heterocycles. The second-order valence-corrected chi connectivity index (χ2v) is 3.79. The molecule has 1 saturated heterocycles. The van der Waals surface area contributed by atoms with Crippen molar-refractivity contribution in [2.45, 2.75) is 44.9 Å². The zero-order valence-corrected chi connectivity index (χ0v) is 8.44. The predicted molar refractivity (Wildman–Crippen MR) is 44.8 cm³/mol. The number of hydrogen-bond donors (Lipinski definition) is 2.